The third kappa shape index (κ3) is 2.65. The fourth-order valence-corrected chi connectivity index (χ4v) is 3.61. The van der Waals surface area contributed by atoms with Crippen molar-refractivity contribution < 1.29 is 8.97 Å². The lowest BCUT2D eigenvalue weighted by Crippen LogP contribution is -2.76. The van der Waals surface area contributed by atoms with Gasteiger partial charge in [0.05, 0.1) is 19.3 Å². The van der Waals surface area contributed by atoms with Crippen molar-refractivity contribution in [2.75, 3.05) is 52.4 Å². The van der Waals surface area contributed by atoms with Gasteiger partial charge in [0.2, 0.25) is 0 Å². The SMILES string of the molecule is CC(C)[N+]12CC[N+](CCCN[CH]N)(CC1)CC2. The van der Waals surface area contributed by atoms with E-state index in [9.17, 15) is 0 Å². The average molecular weight is 241 g/mol. The molecule has 0 amide bonds. The molecule has 17 heavy (non-hydrogen) atoms. The second-order valence-electron chi connectivity index (χ2n) is 6.19. The van der Waals surface area contributed by atoms with Gasteiger partial charge in [-0.15, -0.1) is 0 Å². The Labute approximate surface area is 106 Å². The van der Waals surface area contributed by atoms with Gasteiger partial charge in [0, 0.05) is 13.0 Å². The van der Waals surface area contributed by atoms with E-state index in [1.165, 1.54) is 61.2 Å². The Morgan fingerprint density at radius 1 is 1.12 bits per heavy atom. The molecular formula is C13H29N4+2. The van der Waals surface area contributed by atoms with Crippen molar-refractivity contribution in [1.82, 2.24) is 5.32 Å². The van der Waals surface area contributed by atoms with Crippen LogP contribution in [0.1, 0.15) is 20.3 Å². The summed E-state index contributed by atoms with van der Waals surface area (Å²) in [6.07, 6.45) is 1.25. The minimum absolute atomic E-state index is 0.811. The maximum absolute atomic E-state index is 5.33. The normalized spacial score (nSPS) is 36.7. The fourth-order valence-electron chi connectivity index (χ4n) is 3.61. The van der Waals surface area contributed by atoms with Crippen LogP contribution in [-0.4, -0.2) is 67.4 Å². The molecule has 4 nitrogen and oxygen atoms in total. The smallest absolute Gasteiger partial charge is 0.129 e. The van der Waals surface area contributed by atoms with Gasteiger partial charge in [0.15, 0.2) is 0 Å². The summed E-state index contributed by atoms with van der Waals surface area (Å²) in [5, 5.41) is 3.11. The third-order valence-electron chi connectivity index (χ3n) is 5.23. The van der Waals surface area contributed by atoms with Crippen LogP contribution in [0.25, 0.3) is 0 Å². The van der Waals surface area contributed by atoms with Gasteiger partial charge in [0.1, 0.15) is 39.3 Å². The zero-order chi connectivity index (χ0) is 12.4. The van der Waals surface area contributed by atoms with E-state index in [1.54, 1.807) is 6.67 Å². The number of quaternary nitrogens is 2. The molecule has 99 valence electrons. The molecule has 0 aromatic rings. The molecule has 0 atom stereocenters. The van der Waals surface area contributed by atoms with Crippen LogP contribution in [0.5, 0.6) is 0 Å². The fraction of sp³-hybridized carbons (Fsp3) is 0.923. The molecular weight excluding hydrogens is 212 g/mol. The lowest BCUT2D eigenvalue weighted by atomic mass is 10.0. The standard InChI is InChI=1S/C13H29N4/c1-13(2)17-9-6-16(7-10-17,8-11-17)5-3-4-15-12-14/h12-13,15H,3-11,14H2,1-2H3/q+2. The molecule has 0 aromatic carbocycles. The first-order valence-electron chi connectivity index (χ1n) is 7.10. The molecule has 0 spiro atoms. The van der Waals surface area contributed by atoms with Gasteiger partial charge < -0.3 is 14.7 Å². The first kappa shape index (κ1) is 13.3. The van der Waals surface area contributed by atoms with Crippen molar-refractivity contribution in [3.05, 3.63) is 6.67 Å². The highest BCUT2D eigenvalue weighted by Gasteiger charge is 2.49. The molecule has 3 aliphatic heterocycles. The molecule has 1 radical (unpaired) electrons. The molecule has 3 heterocycles. The van der Waals surface area contributed by atoms with E-state index < -0.39 is 0 Å². The van der Waals surface area contributed by atoms with E-state index in [0.29, 0.717) is 0 Å². The first-order valence-corrected chi connectivity index (χ1v) is 7.10. The van der Waals surface area contributed by atoms with E-state index >= 15 is 0 Å². The van der Waals surface area contributed by atoms with E-state index in [1.807, 2.05) is 0 Å². The van der Waals surface area contributed by atoms with E-state index in [4.69, 9.17) is 5.73 Å². The predicted molar refractivity (Wildman–Crippen MR) is 70.8 cm³/mol. The first-order chi connectivity index (χ1) is 8.13. The van der Waals surface area contributed by atoms with Crippen LogP contribution in [0.4, 0.5) is 0 Å². The van der Waals surface area contributed by atoms with Crippen molar-refractivity contribution in [1.29, 1.82) is 0 Å². The Kier molecular flexibility index (Phi) is 4.08. The maximum atomic E-state index is 5.33. The molecule has 3 aliphatic rings. The average Bonchev–Trinajstić information content (AvgIpc) is 2.37. The quantitative estimate of drug-likeness (QED) is 0.512. The van der Waals surface area contributed by atoms with Crippen molar-refractivity contribution >= 4 is 0 Å². The Hall–Kier alpha value is -0.160. The number of nitrogens with zero attached hydrogens (tertiary/aromatic N) is 2. The van der Waals surface area contributed by atoms with Crippen LogP contribution in [0, 0.1) is 6.67 Å². The number of piperazine rings is 3. The zero-order valence-corrected chi connectivity index (χ0v) is 11.5. The number of rotatable bonds is 6. The summed E-state index contributed by atoms with van der Waals surface area (Å²) in [5.74, 6) is 0. The van der Waals surface area contributed by atoms with Gasteiger partial charge >= 0.3 is 0 Å². The predicted octanol–water partition coefficient (Wildman–Crippen LogP) is 0.113. The summed E-state index contributed by atoms with van der Waals surface area (Å²) in [7, 11) is 0. The van der Waals surface area contributed by atoms with Gasteiger partial charge in [-0.25, -0.2) is 0 Å². The molecule has 2 bridgehead atoms. The Morgan fingerprint density at radius 3 is 2.18 bits per heavy atom. The van der Waals surface area contributed by atoms with Gasteiger partial charge in [-0.05, 0) is 13.8 Å². The molecule has 3 N–H and O–H groups in total. The number of nitrogens with one attached hydrogen (secondary N) is 1. The minimum Gasteiger partial charge on any atom is -0.313 e. The number of hydrogen-bond donors (Lipinski definition) is 2. The molecule has 3 fully saturated rings. The van der Waals surface area contributed by atoms with E-state index in [0.717, 1.165) is 12.6 Å². The van der Waals surface area contributed by atoms with Crippen LogP contribution >= 0.6 is 0 Å². The van der Waals surface area contributed by atoms with Gasteiger partial charge in [0.25, 0.3) is 0 Å². The summed E-state index contributed by atoms with van der Waals surface area (Å²) in [4.78, 5) is 0. The maximum Gasteiger partial charge on any atom is 0.129 e. The van der Waals surface area contributed by atoms with E-state index in [2.05, 4.69) is 19.2 Å². The second kappa shape index (κ2) is 5.22. The van der Waals surface area contributed by atoms with Crippen molar-refractivity contribution in [3.63, 3.8) is 0 Å². The van der Waals surface area contributed by atoms with Crippen molar-refractivity contribution in [2.24, 2.45) is 5.73 Å². The number of fused-ring (bicyclic) bond motifs is 3. The summed E-state index contributed by atoms with van der Waals surface area (Å²) >= 11 is 0. The van der Waals surface area contributed by atoms with Gasteiger partial charge in [-0.3, -0.25) is 5.32 Å². The highest BCUT2D eigenvalue weighted by molar-refractivity contribution is 4.65. The Bertz CT molecular complexity index is 227. The Morgan fingerprint density at radius 2 is 1.71 bits per heavy atom. The summed E-state index contributed by atoms with van der Waals surface area (Å²) in [6, 6.07) is 0.811. The highest BCUT2D eigenvalue weighted by Crippen LogP contribution is 2.29. The monoisotopic (exact) mass is 241 g/mol. The van der Waals surface area contributed by atoms with Crippen LogP contribution in [0.3, 0.4) is 0 Å². The van der Waals surface area contributed by atoms with E-state index in [-0.39, 0.29) is 0 Å². The van der Waals surface area contributed by atoms with Crippen LogP contribution in [0.15, 0.2) is 0 Å². The third-order valence-corrected chi connectivity index (χ3v) is 5.23. The summed E-state index contributed by atoms with van der Waals surface area (Å²) in [6.45, 7) is 17.1. The molecule has 0 saturated carbocycles. The highest BCUT2D eigenvalue weighted by atomic mass is 15.5. The van der Waals surface area contributed by atoms with Gasteiger partial charge in [-0.1, -0.05) is 0 Å². The minimum atomic E-state index is 0.811. The lowest BCUT2D eigenvalue weighted by Gasteiger charge is -2.57. The van der Waals surface area contributed by atoms with Crippen LogP contribution < -0.4 is 11.1 Å². The number of nitrogens with two attached hydrogens (primary N) is 1. The zero-order valence-electron chi connectivity index (χ0n) is 11.5. The Balaban J connectivity index is 1.82. The van der Waals surface area contributed by atoms with Crippen LogP contribution in [-0.2, 0) is 0 Å². The second-order valence-corrected chi connectivity index (χ2v) is 6.19. The molecule has 0 aromatic heterocycles. The molecule has 3 saturated heterocycles. The molecule has 3 rings (SSSR count). The molecule has 0 unspecified atom stereocenters. The molecule has 4 heteroatoms. The summed E-state index contributed by atoms with van der Waals surface area (Å²) < 4.78 is 2.76. The number of hydrogen-bond acceptors (Lipinski definition) is 2. The topological polar surface area (TPSA) is 38.0 Å². The summed E-state index contributed by atoms with van der Waals surface area (Å²) in [5.41, 5.74) is 5.33. The van der Waals surface area contributed by atoms with Crippen LogP contribution in [0.2, 0.25) is 0 Å². The largest absolute Gasteiger partial charge is 0.313 e. The molecule has 0 aliphatic carbocycles. The van der Waals surface area contributed by atoms with Crippen molar-refractivity contribution in [3.8, 4) is 0 Å². The van der Waals surface area contributed by atoms with Crippen molar-refractivity contribution in [2.45, 2.75) is 26.3 Å². The van der Waals surface area contributed by atoms with Gasteiger partial charge in [-0.2, -0.15) is 0 Å². The lowest BCUT2D eigenvalue weighted by molar-refractivity contribution is -1.09.